The summed E-state index contributed by atoms with van der Waals surface area (Å²) >= 11 is 5.19. The first kappa shape index (κ1) is 12.7. The number of carbonyl (C=O) groups excluding carboxylic acids is 1. The summed E-state index contributed by atoms with van der Waals surface area (Å²) in [5.41, 5.74) is -0.967. The minimum atomic E-state index is -4.49. The first-order valence-electron chi connectivity index (χ1n) is 4.23. The van der Waals surface area contributed by atoms with Gasteiger partial charge >= 0.3 is 6.18 Å². The van der Waals surface area contributed by atoms with E-state index in [9.17, 15) is 18.0 Å². The summed E-state index contributed by atoms with van der Waals surface area (Å²) in [5, 5.41) is -0.884. The average Bonchev–Trinajstić information content (AvgIpc) is 2.16. The molecule has 0 aliphatic carbocycles. The quantitative estimate of drug-likeness (QED) is 0.608. The molecule has 0 radical (unpaired) electrons. The molecule has 0 bridgehead atoms. The van der Waals surface area contributed by atoms with Gasteiger partial charge < -0.3 is 0 Å². The zero-order valence-electron chi connectivity index (χ0n) is 8.01. The van der Waals surface area contributed by atoms with Crippen molar-refractivity contribution in [2.24, 2.45) is 0 Å². The van der Waals surface area contributed by atoms with Crippen LogP contribution < -0.4 is 0 Å². The fourth-order valence-electron chi connectivity index (χ4n) is 1.15. The number of alkyl halides is 3. The topological polar surface area (TPSA) is 30.0 Å². The largest absolute Gasteiger partial charge is 0.417 e. The third-order valence-corrected chi connectivity index (χ3v) is 2.02. The summed E-state index contributed by atoms with van der Waals surface area (Å²) in [4.78, 5) is 14.3. The van der Waals surface area contributed by atoms with E-state index in [1.54, 1.807) is 0 Å². The molecule has 1 aromatic heterocycles. The molecule has 0 fully saturated rings. The Hall–Kier alpha value is -1.36. The van der Waals surface area contributed by atoms with E-state index in [1.165, 1.54) is 6.08 Å². The van der Waals surface area contributed by atoms with Crippen molar-refractivity contribution in [1.82, 2.24) is 4.98 Å². The summed E-state index contributed by atoms with van der Waals surface area (Å²) in [6.07, 6.45) is -2.43. The fourth-order valence-corrected chi connectivity index (χ4v) is 1.32. The second-order valence-corrected chi connectivity index (χ2v) is 3.34. The van der Waals surface area contributed by atoms with Crippen molar-refractivity contribution in [3.8, 4) is 0 Å². The van der Waals surface area contributed by atoms with Crippen molar-refractivity contribution in [2.75, 3.05) is 0 Å². The van der Waals surface area contributed by atoms with E-state index < -0.39 is 17.0 Å². The summed E-state index contributed by atoms with van der Waals surface area (Å²) < 4.78 is 37.1. The van der Waals surface area contributed by atoms with Crippen LogP contribution in [-0.4, -0.2) is 10.2 Å². The Bertz CT molecular complexity index is 429. The second kappa shape index (κ2) is 4.65. The van der Waals surface area contributed by atoms with E-state index in [0.29, 0.717) is 6.20 Å². The number of pyridine rings is 1. The average molecular weight is 250 g/mol. The summed E-state index contributed by atoms with van der Waals surface area (Å²) in [6.45, 7) is 3.38. The number of hydrogen-bond acceptors (Lipinski definition) is 2. The van der Waals surface area contributed by atoms with Gasteiger partial charge in [0, 0.05) is 6.20 Å². The lowest BCUT2D eigenvalue weighted by Gasteiger charge is -2.09. The molecule has 0 aromatic carbocycles. The lowest BCUT2D eigenvalue weighted by Crippen LogP contribution is -2.09. The van der Waals surface area contributed by atoms with Gasteiger partial charge in [0.15, 0.2) is 0 Å². The molecule has 0 N–H and O–H groups in total. The van der Waals surface area contributed by atoms with Gasteiger partial charge in [0.05, 0.1) is 5.56 Å². The number of hydrogen-bond donors (Lipinski definition) is 0. The van der Waals surface area contributed by atoms with Crippen LogP contribution in [0.5, 0.6) is 0 Å². The molecular weight excluding hydrogens is 243 g/mol. The van der Waals surface area contributed by atoms with Crippen molar-refractivity contribution in [3.05, 3.63) is 41.7 Å². The smallest absolute Gasteiger partial charge is 0.274 e. The van der Waals surface area contributed by atoms with Crippen LogP contribution in [0.1, 0.15) is 21.6 Å². The fraction of sp³-hybridized carbons (Fsp3) is 0.200. The molecule has 0 atom stereocenters. The first-order valence-corrected chi connectivity index (χ1v) is 4.61. The van der Waals surface area contributed by atoms with Gasteiger partial charge in [-0.3, -0.25) is 9.78 Å². The molecule has 0 spiro atoms. The summed E-state index contributed by atoms with van der Waals surface area (Å²) in [7, 11) is 0. The molecule has 0 aliphatic rings. The van der Waals surface area contributed by atoms with Crippen LogP contribution in [0.3, 0.4) is 0 Å². The van der Waals surface area contributed by atoms with Gasteiger partial charge in [-0.15, -0.1) is 6.58 Å². The molecule has 16 heavy (non-hydrogen) atoms. The number of carbonyl (C=O) groups is 1. The molecule has 6 heteroatoms. The second-order valence-electron chi connectivity index (χ2n) is 3.00. The van der Waals surface area contributed by atoms with Gasteiger partial charge in [0.1, 0.15) is 5.69 Å². The molecule has 0 saturated heterocycles. The molecular formula is C10H7ClF3NO. The Morgan fingerprint density at radius 1 is 1.56 bits per heavy atom. The van der Waals surface area contributed by atoms with Crippen molar-refractivity contribution >= 4 is 16.8 Å². The molecule has 0 saturated carbocycles. The SMILES string of the molecule is C=CCc1cc(C(F)(F)F)cnc1C(=O)Cl. The predicted molar refractivity (Wildman–Crippen MR) is 53.3 cm³/mol. The zero-order valence-corrected chi connectivity index (χ0v) is 8.77. The minimum absolute atomic E-state index is 0.102. The van der Waals surface area contributed by atoms with Gasteiger partial charge in [-0.05, 0) is 29.7 Å². The number of allylic oxidation sites excluding steroid dienone is 1. The third-order valence-electron chi connectivity index (χ3n) is 1.84. The zero-order chi connectivity index (χ0) is 12.3. The highest BCUT2D eigenvalue weighted by Crippen LogP contribution is 2.30. The van der Waals surface area contributed by atoms with Crippen molar-refractivity contribution in [1.29, 1.82) is 0 Å². The van der Waals surface area contributed by atoms with Crippen LogP contribution in [0.15, 0.2) is 24.9 Å². The number of aromatic nitrogens is 1. The lowest BCUT2D eigenvalue weighted by atomic mass is 10.1. The van der Waals surface area contributed by atoms with Crippen molar-refractivity contribution < 1.29 is 18.0 Å². The monoisotopic (exact) mass is 249 g/mol. The maximum Gasteiger partial charge on any atom is 0.417 e. The third kappa shape index (κ3) is 2.82. The van der Waals surface area contributed by atoms with Gasteiger partial charge in [-0.25, -0.2) is 0 Å². The van der Waals surface area contributed by atoms with Crippen LogP contribution in [-0.2, 0) is 12.6 Å². The molecule has 86 valence electrons. The van der Waals surface area contributed by atoms with Crippen LogP contribution in [0, 0.1) is 0 Å². The number of halogens is 4. The number of nitrogens with zero attached hydrogens (tertiary/aromatic N) is 1. The van der Waals surface area contributed by atoms with Crippen LogP contribution in [0.4, 0.5) is 13.2 Å². The van der Waals surface area contributed by atoms with E-state index in [2.05, 4.69) is 11.6 Å². The van der Waals surface area contributed by atoms with Crippen LogP contribution >= 0.6 is 11.6 Å². The Labute approximate surface area is 94.7 Å². The molecule has 0 amide bonds. The normalized spacial score (nSPS) is 11.2. The predicted octanol–water partition coefficient (Wildman–Crippen LogP) is 3.21. The molecule has 1 aromatic rings. The van der Waals surface area contributed by atoms with E-state index in [-0.39, 0.29) is 17.7 Å². The Kier molecular flexibility index (Phi) is 3.70. The molecule has 0 aliphatic heterocycles. The van der Waals surface area contributed by atoms with E-state index in [0.717, 1.165) is 6.07 Å². The maximum absolute atomic E-state index is 12.4. The van der Waals surface area contributed by atoms with Gasteiger partial charge in [0.25, 0.3) is 5.24 Å². The Balaban J connectivity index is 3.27. The highest BCUT2D eigenvalue weighted by Gasteiger charge is 2.31. The van der Waals surface area contributed by atoms with Crippen molar-refractivity contribution in [2.45, 2.75) is 12.6 Å². The Morgan fingerprint density at radius 2 is 2.19 bits per heavy atom. The van der Waals surface area contributed by atoms with Gasteiger partial charge in [-0.1, -0.05) is 6.08 Å². The van der Waals surface area contributed by atoms with Gasteiger partial charge in [0.2, 0.25) is 0 Å². The lowest BCUT2D eigenvalue weighted by molar-refractivity contribution is -0.137. The van der Waals surface area contributed by atoms with E-state index in [1.807, 2.05) is 0 Å². The standard InChI is InChI=1S/C10H7ClF3NO/c1-2-3-6-4-7(10(12,13)14)5-15-8(6)9(11)16/h2,4-5H,1,3H2. The summed E-state index contributed by atoms with van der Waals surface area (Å²) in [5.74, 6) is 0. The maximum atomic E-state index is 12.4. The molecule has 1 heterocycles. The van der Waals surface area contributed by atoms with E-state index in [4.69, 9.17) is 11.6 Å². The molecule has 0 unspecified atom stereocenters. The van der Waals surface area contributed by atoms with Crippen LogP contribution in [0.25, 0.3) is 0 Å². The van der Waals surface area contributed by atoms with Crippen LogP contribution in [0.2, 0.25) is 0 Å². The molecule has 1 rings (SSSR count). The minimum Gasteiger partial charge on any atom is -0.274 e. The van der Waals surface area contributed by atoms with Gasteiger partial charge in [-0.2, -0.15) is 13.2 Å². The highest BCUT2D eigenvalue weighted by molar-refractivity contribution is 6.67. The Morgan fingerprint density at radius 3 is 2.62 bits per heavy atom. The first-order chi connectivity index (χ1) is 7.36. The molecule has 2 nitrogen and oxygen atoms in total. The highest BCUT2D eigenvalue weighted by atomic mass is 35.5. The van der Waals surface area contributed by atoms with Crippen molar-refractivity contribution in [3.63, 3.8) is 0 Å². The van der Waals surface area contributed by atoms with E-state index >= 15 is 0 Å². The summed E-state index contributed by atoms with van der Waals surface area (Å²) in [6, 6.07) is 0.851. The number of rotatable bonds is 3.